The number of rotatable bonds is 3. The highest BCUT2D eigenvalue weighted by molar-refractivity contribution is 9.10. The Morgan fingerprint density at radius 2 is 2.00 bits per heavy atom. The number of sulfonamides is 1. The fraction of sp³-hybridized carbons (Fsp3) is 0.100. The summed E-state index contributed by atoms with van der Waals surface area (Å²) in [6, 6.07) is 1.60. The fourth-order valence-electron chi connectivity index (χ4n) is 1.34. The van der Waals surface area contributed by atoms with Crippen molar-refractivity contribution in [3.63, 3.8) is 0 Å². The fourth-order valence-corrected chi connectivity index (χ4v) is 2.70. The SMILES string of the molecule is Cn1cc(S(=O)(=O)Nc2cc(F)c(Br)cc2F)cn1. The van der Waals surface area contributed by atoms with Gasteiger partial charge in [-0.15, -0.1) is 0 Å². The lowest BCUT2D eigenvalue weighted by atomic mass is 10.3. The second kappa shape index (κ2) is 4.89. The summed E-state index contributed by atoms with van der Waals surface area (Å²) in [5.41, 5.74) is -0.468. The lowest BCUT2D eigenvalue weighted by Crippen LogP contribution is -2.13. The molecule has 0 bridgehead atoms. The first-order valence-corrected chi connectivity index (χ1v) is 7.23. The van der Waals surface area contributed by atoms with Crippen LogP contribution in [0.2, 0.25) is 0 Å². The normalized spacial score (nSPS) is 11.6. The van der Waals surface area contributed by atoms with Crippen LogP contribution in [0.1, 0.15) is 0 Å². The van der Waals surface area contributed by atoms with E-state index >= 15 is 0 Å². The number of hydrogen-bond acceptors (Lipinski definition) is 3. The van der Waals surface area contributed by atoms with Gasteiger partial charge >= 0.3 is 0 Å². The van der Waals surface area contributed by atoms with Gasteiger partial charge in [0.2, 0.25) is 0 Å². The lowest BCUT2D eigenvalue weighted by molar-refractivity contribution is 0.591. The van der Waals surface area contributed by atoms with Crippen molar-refractivity contribution in [2.45, 2.75) is 4.90 Å². The maximum Gasteiger partial charge on any atom is 0.265 e. The van der Waals surface area contributed by atoms with Crippen LogP contribution in [-0.2, 0) is 17.1 Å². The maximum absolute atomic E-state index is 13.5. The van der Waals surface area contributed by atoms with E-state index in [4.69, 9.17) is 0 Å². The van der Waals surface area contributed by atoms with Crippen LogP contribution in [0.5, 0.6) is 0 Å². The standard InChI is InChI=1S/C10H8BrF2N3O2S/c1-16-5-6(4-14-16)19(17,18)15-10-3-8(12)7(11)2-9(10)13/h2-5,15H,1H3. The third kappa shape index (κ3) is 2.92. The molecule has 0 unspecified atom stereocenters. The number of anilines is 1. The third-order valence-electron chi connectivity index (χ3n) is 2.25. The Balaban J connectivity index is 2.38. The van der Waals surface area contributed by atoms with Crippen LogP contribution in [-0.4, -0.2) is 18.2 Å². The van der Waals surface area contributed by atoms with Crippen molar-refractivity contribution in [2.75, 3.05) is 4.72 Å². The third-order valence-corrected chi connectivity index (χ3v) is 4.17. The Bertz CT molecular complexity index is 730. The van der Waals surface area contributed by atoms with Crippen LogP contribution >= 0.6 is 15.9 Å². The summed E-state index contributed by atoms with van der Waals surface area (Å²) in [4.78, 5) is -0.141. The Morgan fingerprint density at radius 1 is 1.32 bits per heavy atom. The van der Waals surface area contributed by atoms with Crippen LogP contribution in [0.15, 0.2) is 33.9 Å². The van der Waals surface area contributed by atoms with Gasteiger partial charge < -0.3 is 0 Å². The number of aryl methyl sites for hydroxylation is 1. The number of nitrogens with one attached hydrogen (secondary N) is 1. The predicted molar refractivity (Wildman–Crippen MR) is 68.1 cm³/mol. The summed E-state index contributed by atoms with van der Waals surface area (Å²) in [7, 11) is -2.46. The Morgan fingerprint density at radius 3 is 2.58 bits per heavy atom. The van der Waals surface area contributed by atoms with Gasteiger partial charge in [-0.25, -0.2) is 17.2 Å². The van der Waals surface area contributed by atoms with Gasteiger partial charge in [0.15, 0.2) is 0 Å². The minimum Gasteiger partial charge on any atom is -0.276 e. The van der Waals surface area contributed by atoms with E-state index in [1.807, 2.05) is 4.72 Å². The first-order chi connectivity index (χ1) is 8.79. The first kappa shape index (κ1) is 13.9. The number of aromatic nitrogens is 2. The minimum atomic E-state index is -4.00. The van der Waals surface area contributed by atoms with Crippen LogP contribution in [0.25, 0.3) is 0 Å². The molecular formula is C10H8BrF2N3O2S. The summed E-state index contributed by atoms with van der Waals surface area (Å²) < 4.78 is 53.8. The molecule has 0 aliphatic carbocycles. The number of nitrogens with zero attached hydrogens (tertiary/aromatic N) is 2. The molecule has 0 amide bonds. The number of hydrogen-bond donors (Lipinski definition) is 1. The highest BCUT2D eigenvalue weighted by atomic mass is 79.9. The van der Waals surface area contributed by atoms with E-state index in [1.54, 1.807) is 7.05 Å². The summed E-state index contributed by atoms with van der Waals surface area (Å²) in [5.74, 6) is -1.66. The quantitative estimate of drug-likeness (QED) is 0.862. The molecule has 0 radical (unpaired) electrons. The van der Waals surface area contributed by atoms with Gasteiger partial charge in [-0.1, -0.05) is 0 Å². The van der Waals surface area contributed by atoms with E-state index < -0.39 is 27.3 Å². The van der Waals surface area contributed by atoms with Crippen molar-refractivity contribution in [3.8, 4) is 0 Å². The van der Waals surface area contributed by atoms with Gasteiger partial charge in [-0.3, -0.25) is 9.40 Å². The molecule has 1 aromatic carbocycles. The van der Waals surface area contributed by atoms with E-state index in [1.165, 1.54) is 10.9 Å². The summed E-state index contributed by atoms with van der Waals surface area (Å²) in [5, 5.41) is 3.70. The second-order valence-corrected chi connectivity index (χ2v) is 6.24. The maximum atomic E-state index is 13.5. The summed E-state index contributed by atoms with van der Waals surface area (Å²) >= 11 is 2.80. The zero-order chi connectivity index (χ0) is 14.2. The van der Waals surface area contributed by atoms with Crippen molar-refractivity contribution in [3.05, 3.63) is 40.6 Å². The number of benzene rings is 1. The molecule has 2 aromatic rings. The Hall–Kier alpha value is -1.48. The van der Waals surface area contributed by atoms with E-state index in [0.29, 0.717) is 0 Å². The largest absolute Gasteiger partial charge is 0.276 e. The monoisotopic (exact) mass is 351 g/mol. The molecule has 1 aromatic heterocycles. The molecule has 19 heavy (non-hydrogen) atoms. The molecule has 0 atom stereocenters. The molecule has 102 valence electrons. The average molecular weight is 352 g/mol. The zero-order valence-electron chi connectivity index (χ0n) is 9.56. The topological polar surface area (TPSA) is 64.0 Å². The zero-order valence-corrected chi connectivity index (χ0v) is 12.0. The molecular weight excluding hydrogens is 344 g/mol. The van der Waals surface area contributed by atoms with Crippen molar-refractivity contribution < 1.29 is 17.2 Å². The molecule has 9 heteroatoms. The van der Waals surface area contributed by atoms with E-state index in [9.17, 15) is 17.2 Å². The van der Waals surface area contributed by atoms with E-state index in [2.05, 4.69) is 21.0 Å². The predicted octanol–water partition coefficient (Wildman–Crippen LogP) is 2.26. The van der Waals surface area contributed by atoms with Gasteiger partial charge in [0.1, 0.15) is 16.5 Å². The van der Waals surface area contributed by atoms with Gasteiger partial charge in [-0.2, -0.15) is 5.10 Å². The molecule has 1 heterocycles. The van der Waals surface area contributed by atoms with Gasteiger partial charge in [0, 0.05) is 19.3 Å². The molecule has 0 fully saturated rings. The Kier molecular flexibility index (Phi) is 3.59. The van der Waals surface area contributed by atoms with Gasteiger partial charge in [-0.05, 0) is 22.0 Å². The van der Waals surface area contributed by atoms with E-state index in [0.717, 1.165) is 18.3 Å². The van der Waals surface area contributed by atoms with Gasteiger partial charge in [0.05, 0.1) is 16.4 Å². The van der Waals surface area contributed by atoms with Crippen molar-refractivity contribution >= 4 is 31.6 Å². The highest BCUT2D eigenvalue weighted by Crippen LogP contribution is 2.25. The van der Waals surface area contributed by atoms with Crippen LogP contribution in [0.4, 0.5) is 14.5 Å². The molecule has 0 saturated carbocycles. The van der Waals surface area contributed by atoms with Crippen molar-refractivity contribution in [2.24, 2.45) is 7.05 Å². The van der Waals surface area contributed by atoms with Crippen LogP contribution in [0.3, 0.4) is 0 Å². The molecule has 2 rings (SSSR count). The summed E-state index contributed by atoms with van der Waals surface area (Å²) in [6.45, 7) is 0. The first-order valence-electron chi connectivity index (χ1n) is 4.95. The van der Waals surface area contributed by atoms with Crippen LogP contribution < -0.4 is 4.72 Å². The van der Waals surface area contributed by atoms with Crippen molar-refractivity contribution in [1.82, 2.24) is 9.78 Å². The average Bonchev–Trinajstić information content (AvgIpc) is 2.73. The van der Waals surface area contributed by atoms with Gasteiger partial charge in [0.25, 0.3) is 10.0 Å². The van der Waals surface area contributed by atoms with Crippen LogP contribution in [0, 0.1) is 11.6 Å². The molecule has 1 N–H and O–H groups in total. The molecule has 0 saturated heterocycles. The molecule has 0 spiro atoms. The highest BCUT2D eigenvalue weighted by Gasteiger charge is 2.19. The molecule has 5 nitrogen and oxygen atoms in total. The van der Waals surface area contributed by atoms with Crippen molar-refractivity contribution in [1.29, 1.82) is 0 Å². The molecule has 0 aliphatic heterocycles. The Labute approximate surface area is 116 Å². The van der Waals surface area contributed by atoms with E-state index in [-0.39, 0.29) is 9.37 Å². The smallest absolute Gasteiger partial charge is 0.265 e. The summed E-state index contributed by atoms with van der Waals surface area (Å²) in [6.07, 6.45) is 2.35. The number of halogens is 3. The second-order valence-electron chi connectivity index (χ2n) is 3.70. The lowest BCUT2D eigenvalue weighted by Gasteiger charge is -2.08. The molecule has 0 aliphatic rings. The minimum absolute atomic E-state index is 0.0886.